The van der Waals surface area contributed by atoms with Gasteiger partial charge in [0, 0.05) is 31.9 Å². The number of rotatable bonds is 5. The van der Waals surface area contributed by atoms with Crippen LogP contribution in [0.3, 0.4) is 0 Å². The van der Waals surface area contributed by atoms with E-state index in [1.54, 1.807) is 10.8 Å². The van der Waals surface area contributed by atoms with Crippen molar-refractivity contribution in [2.24, 2.45) is 5.92 Å². The third kappa shape index (κ3) is 4.23. The summed E-state index contributed by atoms with van der Waals surface area (Å²) in [4.78, 5) is 16.6. The van der Waals surface area contributed by atoms with Gasteiger partial charge in [-0.15, -0.1) is 0 Å². The molecule has 1 aromatic rings. The second-order valence-corrected chi connectivity index (χ2v) is 8.97. The Bertz CT molecular complexity index is 695. The van der Waals surface area contributed by atoms with Crippen LogP contribution in [0.5, 0.6) is 0 Å². The zero-order valence-electron chi connectivity index (χ0n) is 14.9. The first-order valence-corrected chi connectivity index (χ1v) is 10.8. The molecule has 1 N–H and O–H groups in total. The van der Waals surface area contributed by atoms with Gasteiger partial charge >= 0.3 is 0 Å². The van der Waals surface area contributed by atoms with Crippen molar-refractivity contribution >= 4 is 15.9 Å². The average molecular weight is 369 g/mol. The largest absolute Gasteiger partial charge is 0.353 e. The van der Waals surface area contributed by atoms with Crippen molar-refractivity contribution in [3.63, 3.8) is 0 Å². The quantitative estimate of drug-likeness (QED) is 0.858. The molecule has 25 heavy (non-hydrogen) atoms. The minimum absolute atomic E-state index is 0.00545. The number of imidazole rings is 1. The van der Waals surface area contributed by atoms with Crippen molar-refractivity contribution < 1.29 is 13.2 Å². The van der Waals surface area contributed by atoms with Crippen molar-refractivity contribution in [3.8, 4) is 0 Å². The number of hydrogen-bond acceptors (Lipinski definition) is 4. The van der Waals surface area contributed by atoms with Crippen molar-refractivity contribution in [2.75, 3.05) is 13.1 Å². The molecule has 2 fully saturated rings. The smallest absolute Gasteiger partial charge is 0.262 e. The Hall–Kier alpha value is -1.41. The van der Waals surface area contributed by atoms with E-state index in [0.717, 1.165) is 32.1 Å². The standard InChI is InChI=1S/C17H28N4O3S/c1-2-20-12-16(18-13-20)25(23,24)21-10-6-7-14(11-21)17(22)19-15-8-4-3-5-9-15/h12-15H,2-11H2,1H3,(H,19,22)/t14-/m1/s1. The first-order chi connectivity index (χ1) is 12.0. The molecular formula is C17H28N4O3S. The zero-order chi connectivity index (χ0) is 17.9. The molecular weight excluding hydrogens is 340 g/mol. The minimum atomic E-state index is -3.63. The highest BCUT2D eigenvalue weighted by Gasteiger charge is 2.35. The van der Waals surface area contributed by atoms with Gasteiger partial charge in [0.2, 0.25) is 5.91 Å². The van der Waals surface area contributed by atoms with Crippen LogP contribution in [-0.4, -0.2) is 47.3 Å². The summed E-state index contributed by atoms with van der Waals surface area (Å²) in [7, 11) is -3.63. The Morgan fingerprint density at radius 2 is 2.00 bits per heavy atom. The zero-order valence-corrected chi connectivity index (χ0v) is 15.7. The molecule has 3 rings (SSSR count). The highest BCUT2D eigenvalue weighted by Crippen LogP contribution is 2.24. The molecule has 140 valence electrons. The van der Waals surface area contributed by atoms with E-state index in [-0.39, 0.29) is 29.4 Å². The van der Waals surface area contributed by atoms with Gasteiger partial charge in [0.25, 0.3) is 10.0 Å². The molecule has 0 radical (unpaired) electrons. The van der Waals surface area contributed by atoms with Crippen molar-refractivity contribution in [3.05, 3.63) is 12.5 Å². The van der Waals surface area contributed by atoms with E-state index in [1.807, 2.05) is 6.92 Å². The summed E-state index contributed by atoms with van der Waals surface area (Å²) in [5, 5.41) is 3.21. The number of nitrogens with zero attached hydrogens (tertiary/aromatic N) is 3. The molecule has 2 aliphatic rings. The van der Waals surface area contributed by atoms with Gasteiger partial charge in [0.05, 0.1) is 12.2 Å². The normalized spacial score (nSPS) is 23.5. The highest BCUT2D eigenvalue weighted by atomic mass is 32.2. The molecule has 1 saturated carbocycles. The van der Waals surface area contributed by atoms with Crippen LogP contribution in [0.25, 0.3) is 0 Å². The Labute approximate surface area is 149 Å². The van der Waals surface area contributed by atoms with Gasteiger partial charge in [-0.1, -0.05) is 19.3 Å². The molecule has 2 heterocycles. The Kier molecular flexibility index (Phi) is 5.78. The number of hydrogen-bond donors (Lipinski definition) is 1. The second kappa shape index (κ2) is 7.86. The summed E-state index contributed by atoms with van der Waals surface area (Å²) in [6.07, 6.45) is 10.2. The Morgan fingerprint density at radius 3 is 2.68 bits per heavy atom. The van der Waals surface area contributed by atoms with E-state index in [1.165, 1.54) is 17.1 Å². The lowest BCUT2D eigenvalue weighted by Gasteiger charge is -2.32. The van der Waals surface area contributed by atoms with Gasteiger partial charge in [-0.05, 0) is 32.6 Å². The van der Waals surface area contributed by atoms with Crippen LogP contribution in [0.15, 0.2) is 17.6 Å². The van der Waals surface area contributed by atoms with E-state index in [4.69, 9.17) is 0 Å². The van der Waals surface area contributed by atoms with E-state index in [2.05, 4.69) is 10.3 Å². The summed E-state index contributed by atoms with van der Waals surface area (Å²) in [6, 6.07) is 0.258. The summed E-state index contributed by atoms with van der Waals surface area (Å²) >= 11 is 0. The lowest BCUT2D eigenvalue weighted by Crippen LogP contribution is -2.47. The number of piperidine rings is 1. The fourth-order valence-corrected chi connectivity index (χ4v) is 5.18. The molecule has 1 aliphatic carbocycles. The van der Waals surface area contributed by atoms with E-state index < -0.39 is 10.0 Å². The fraction of sp³-hybridized carbons (Fsp3) is 0.765. The maximum atomic E-state index is 12.8. The monoisotopic (exact) mass is 368 g/mol. The number of carbonyl (C=O) groups excluding carboxylic acids is 1. The third-order valence-electron chi connectivity index (χ3n) is 5.29. The Morgan fingerprint density at radius 1 is 1.24 bits per heavy atom. The number of nitrogens with one attached hydrogen (secondary N) is 1. The first-order valence-electron chi connectivity index (χ1n) is 9.33. The van der Waals surface area contributed by atoms with Gasteiger partial charge in [-0.25, -0.2) is 13.4 Å². The number of amides is 1. The van der Waals surface area contributed by atoms with E-state index >= 15 is 0 Å². The van der Waals surface area contributed by atoms with Crippen molar-refractivity contribution in [2.45, 2.75) is 69.5 Å². The third-order valence-corrected chi connectivity index (χ3v) is 7.04. The fourth-order valence-electron chi connectivity index (χ4n) is 3.72. The lowest BCUT2D eigenvalue weighted by molar-refractivity contribution is -0.127. The molecule has 0 unspecified atom stereocenters. The van der Waals surface area contributed by atoms with Gasteiger partial charge in [0.15, 0.2) is 5.03 Å². The van der Waals surface area contributed by atoms with Crippen LogP contribution in [0.2, 0.25) is 0 Å². The van der Waals surface area contributed by atoms with Crippen LogP contribution in [0.4, 0.5) is 0 Å². The minimum Gasteiger partial charge on any atom is -0.353 e. The number of aromatic nitrogens is 2. The van der Waals surface area contributed by atoms with Gasteiger partial charge in [0.1, 0.15) is 0 Å². The van der Waals surface area contributed by atoms with Gasteiger partial charge in [-0.3, -0.25) is 4.79 Å². The molecule has 7 nitrogen and oxygen atoms in total. The predicted molar refractivity (Wildman–Crippen MR) is 94.4 cm³/mol. The molecule has 0 bridgehead atoms. The summed E-state index contributed by atoms with van der Waals surface area (Å²) in [6.45, 7) is 3.31. The van der Waals surface area contributed by atoms with Gasteiger partial charge < -0.3 is 9.88 Å². The van der Waals surface area contributed by atoms with Crippen molar-refractivity contribution in [1.29, 1.82) is 0 Å². The van der Waals surface area contributed by atoms with Crippen LogP contribution >= 0.6 is 0 Å². The SMILES string of the molecule is CCn1cnc(S(=O)(=O)N2CCC[C@@H](C(=O)NC3CCCCC3)C2)c1. The van der Waals surface area contributed by atoms with E-state index in [9.17, 15) is 13.2 Å². The molecule has 0 spiro atoms. The van der Waals surface area contributed by atoms with Crippen LogP contribution < -0.4 is 5.32 Å². The molecule has 1 aromatic heterocycles. The Balaban J connectivity index is 1.64. The van der Waals surface area contributed by atoms with E-state index in [0.29, 0.717) is 19.5 Å². The molecule has 1 aliphatic heterocycles. The summed E-state index contributed by atoms with van der Waals surface area (Å²) < 4.78 is 28.7. The highest BCUT2D eigenvalue weighted by molar-refractivity contribution is 7.89. The maximum Gasteiger partial charge on any atom is 0.262 e. The number of carbonyl (C=O) groups is 1. The number of aryl methyl sites for hydroxylation is 1. The van der Waals surface area contributed by atoms with Crippen LogP contribution in [0, 0.1) is 5.92 Å². The predicted octanol–water partition coefficient (Wildman–Crippen LogP) is 1.75. The van der Waals surface area contributed by atoms with Crippen LogP contribution in [0.1, 0.15) is 51.9 Å². The van der Waals surface area contributed by atoms with Gasteiger partial charge in [-0.2, -0.15) is 4.31 Å². The molecule has 1 atom stereocenters. The summed E-state index contributed by atoms with van der Waals surface area (Å²) in [5.74, 6) is -0.260. The number of sulfonamides is 1. The maximum absolute atomic E-state index is 12.8. The summed E-state index contributed by atoms with van der Waals surface area (Å²) in [5.41, 5.74) is 0. The first kappa shape index (κ1) is 18.4. The molecule has 0 aromatic carbocycles. The molecule has 1 saturated heterocycles. The van der Waals surface area contributed by atoms with Crippen LogP contribution in [-0.2, 0) is 21.4 Å². The second-order valence-electron chi connectivity index (χ2n) is 7.09. The topological polar surface area (TPSA) is 84.3 Å². The lowest BCUT2D eigenvalue weighted by atomic mass is 9.93. The molecule has 1 amide bonds. The van der Waals surface area contributed by atoms with Crippen molar-refractivity contribution in [1.82, 2.24) is 19.2 Å². The molecule has 8 heteroatoms. The average Bonchev–Trinajstić information content (AvgIpc) is 3.13.